The molecule has 1 rings (SSSR count). The van der Waals surface area contributed by atoms with Gasteiger partial charge in [-0.2, -0.15) is 0 Å². The molecule has 13 N–H and O–H groups in total. The number of hydrogen-bond acceptors (Lipinski definition) is 11. The van der Waals surface area contributed by atoms with Crippen LogP contribution >= 0.6 is 7.37 Å². The third-order valence-corrected chi connectivity index (χ3v) is 9.03. The molecule has 0 radical (unpaired) electrons. The number of nitrogens with one attached hydrogen (secondary N) is 5. The lowest BCUT2D eigenvalue weighted by Crippen LogP contribution is -2.56. The van der Waals surface area contributed by atoms with Crippen molar-refractivity contribution < 1.29 is 53.5 Å². The minimum absolute atomic E-state index is 0.00665. The van der Waals surface area contributed by atoms with E-state index < -0.39 is 98.6 Å². The highest BCUT2D eigenvalue weighted by atomic mass is 31.2. The average Bonchev–Trinajstić information content (AvgIpc) is 3.04. The molecule has 1 aromatic rings. The number of rotatable bonds is 23. The zero-order valence-electron chi connectivity index (χ0n) is 28.6. The van der Waals surface area contributed by atoms with Crippen LogP contribution in [0.4, 0.5) is 0 Å². The normalized spacial score (nSPS) is 15.4. The topological polar surface area (TPSA) is 313 Å². The largest absolute Gasteiger partial charge is 0.508 e. The molecule has 1 unspecified atom stereocenters. The van der Waals surface area contributed by atoms with Crippen molar-refractivity contribution in [3.8, 4) is 5.75 Å². The molecule has 5 amide bonds. The maximum absolute atomic E-state index is 13.5. The average molecular weight is 730 g/mol. The first-order valence-electron chi connectivity index (χ1n) is 16.2. The summed E-state index contributed by atoms with van der Waals surface area (Å²) in [4.78, 5) is 86.1. The fourth-order valence-corrected chi connectivity index (χ4v) is 6.29. The monoisotopic (exact) mass is 729 g/mol. The van der Waals surface area contributed by atoms with Gasteiger partial charge in [-0.05, 0) is 62.8 Å². The van der Waals surface area contributed by atoms with Gasteiger partial charge in [-0.3, -0.25) is 33.3 Å². The Labute approximate surface area is 291 Å². The second-order valence-electron chi connectivity index (χ2n) is 12.5. The number of carboxylic acids is 1. The number of carbonyl (C=O) groups excluding carboxylic acids is 5. The maximum atomic E-state index is 13.5. The van der Waals surface area contributed by atoms with Crippen molar-refractivity contribution in [2.45, 2.75) is 77.0 Å². The Bertz CT molecular complexity index is 1340. The van der Waals surface area contributed by atoms with E-state index in [1.807, 2.05) is 5.32 Å². The van der Waals surface area contributed by atoms with Crippen molar-refractivity contribution in [3.05, 3.63) is 29.8 Å². The minimum atomic E-state index is -4.26. The summed E-state index contributed by atoms with van der Waals surface area (Å²) in [6, 6.07) is 0.995. The highest BCUT2D eigenvalue weighted by Gasteiger charge is 2.34. The van der Waals surface area contributed by atoms with E-state index in [0.29, 0.717) is 24.9 Å². The predicted octanol–water partition coefficient (Wildman–Crippen LogP) is -1.94. The molecule has 1 aromatic carbocycles. The number of nitrogens with two attached hydrogens (primary N) is 2. The van der Waals surface area contributed by atoms with E-state index in [0.717, 1.165) is 0 Å². The molecule has 0 heterocycles. The Morgan fingerprint density at radius 2 is 1.40 bits per heavy atom. The SMILES string of the molecule is CC(C)C[C@H](CP(=O)(O)CNC(=O)[C@H](Cc1ccc(O)cc1)NC(=O)[C@H](C)N)C(=O)N[C@@H](CCCCN)C(=O)N[C@@H](CO)C(=O)NCC(=O)O. The summed E-state index contributed by atoms with van der Waals surface area (Å²) in [5, 5.41) is 39.8. The quantitative estimate of drug-likeness (QED) is 0.0432. The molecule has 50 heavy (non-hydrogen) atoms. The van der Waals surface area contributed by atoms with Crippen LogP contribution in [-0.2, 0) is 39.8 Å². The molecule has 0 aliphatic rings. The number of hydrogen-bond donors (Lipinski definition) is 11. The van der Waals surface area contributed by atoms with Crippen LogP contribution in [0, 0.1) is 11.8 Å². The number of aromatic hydroxyl groups is 1. The molecule has 18 nitrogen and oxygen atoms in total. The molecular formula is C31H52N7O11P. The van der Waals surface area contributed by atoms with Crippen LogP contribution in [0.1, 0.15) is 52.0 Å². The number of unbranched alkanes of at least 4 members (excludes halogenated alkanes) is 1. The smallest absolute Gasteiger partial charge is 0.322 e. The third-order valence-electron chi connectivity index (χ3n) is 7.36. The molecule has 0 saturated heterocycles. The van der Waals surface area contributed by atoms with Crippen molar-refractivity contribution in [1.82, 2.24) is 26.6 Å². The minimum Gasteiger partial charge on any atom is -0.508 e. The van der Waals surface area contributed by atoms with E-state index in [2.05, 4.69) is 21.3 Å². The zero-order chi connectivity index (χ0) is 38.0. The van der Waals surface area contributed by atoms with E-state index in [4.69, 9.17) is 16.6 Å². The molecule has 19 heteroatoms. The van der Waals surface area contributed by atoms with Crippen molar-refractivity contribution in [2.24, 2.45) is 23.3 Å². The van der Waals surface area contributed by atoms with E-state index in [-0.39, 0.29) is 30.9 Å². The summed E-state index contributed by atoms with van der Waals surface area (Å²) in [6.45, 7) is 3.67. The standard InChI is InChI=1S/C31H52N7O11P/c1-18(2)12-21(28(44)36-23(6-4-5-11-32)31(47)38-25(15-39)30(46)34-14-26(41)42)16-50(48,49)17-35-29(45)24(37-27(43)19(3)33)13-20-7-9-22(40)10-8-20/h7-10,18-19,21,23-25,39-40H,4-6,11-17,32-33H2,1-3H3,(H,34,46)(H,35,45)(H,36,44)(H,37,43)(H,38,47)(H,41,42)(H,48,49)/t19-,21+,23-,24-,25-/m0/s1. The Balaban J connectivity index is 3.10. The van der Waals surface area contributed by atoms with E-state index in [1.54, 1.807) is 26.0 Å². The van der Waals surface area contributed by atoms with Crippen LogP contribution in [0.5, 0.6) is 5.75 Å². The molecule has 0 aromatic heterocycles. The Hall–Kier alpha value is -4.09. The predicted molar refractivity (Wildman–Crippen MR) is 183 cm³/mol. The number of phenolic OH excluding ortho intramolecular Hbond substituents is 1. The fraction of sp³-hybridized carbons (Fsp3) is 0.613. The number of benzene rings is 1. The fourth-order valence-electron chi connectivity index (χ4n) is 4.75. The van der Waals surface area contributed by atoms with E-state index >= 15 is 0 Å². The molecule has 0 fully saturated rings. The first-order valence-corrected chi connectivity index (χ1v) is 18.3. The van der Waals surface area contributed by atoms with Gasteiger partial charge in [-0.25, -0.2) is 0 Å². The number of phenols is 1. The van der Waals surface area contributed by atoms with Gasteiger partial charge in [0.2, 0.25) is 36.9 Å². The summed E-state index contributed by atoms with van der Waals surface area (Å²) in [6.07, 6.45) is -0.259. The number of aliphatic carboxylic acids is 1. The summed E-state index contributed by atoms with van der Waals surface area (Å²) >= 11 is 0. The van der Waals surface area contributed by atoms with Crippen LogP contribution in [0.25, 0.3) is 0 Å². The van der Waals surface area contributed by atoms with Gasteiger partial charge in [0.1, 0.15) is 30.4 Å². The van der Waals surface area contributed by atoms with Gasteiger partial charge >= 0.3 is 5.97 Å². The lowest BCUT2D eigenvalue weighted by Gasteiger charge is -2.26. The zero-order valence-corrected chi connectivity index (χ0v) is 29.5. The highest BCUT2D eigenvalue weighted by molar-refractivity contribution is 7.58. The van der Waals surface area contributed by atoms with Crippen molar-refractivity contribution in [2.75, 3.05) is 32.1 Å². The van der Waals surface area contributed by atoms with Crippen molar-refractivity contribution >= 4 is 42.9 Å². The molecule has 0 saturated carbocycles. The first kappa shape index (κ1) is 43.9. The molecule has 0 aliphatic carbocycles. The second-order valence-corrected chi connectivity index (χ2v) is 14.8. The van der Waals surface area contributed by atoms with Gasteiger partial charge in [-0.1, -0.05) is 26.0 Å². The number of aliphatic hydroxyl groups is 1. The Kier molecular flexibility index (Phi) is 19.2. The van der Waals surface area contributed by atoms with Crippen LogP contribution in [0.15, 0.2) is 24.3 Å². The van der Waals surface area contributed by atoms with Crippen molar-refractivity contribution in [3.63, 3.8) is 0 Å². The molecule has 6 atom stereocenters. The number of aliphatic hydroxyl groups excluding tert-OH is 1. The number of carbonyl (C=O) groups is 6. The summed E-state index contributed by atoms with van der Waals surface area (Å²) in [5.74, 6) is -6.54. The van der Waals surface area contributed by atoms with Gasteiger partial charge in [0.25, 0.3) is 0 Å². The van der Waals surface area contributed by atoms with Crippen LogP contribution < -0.4 is 38.1 Å². The van der Waals surface area contributed by atoms with Gasteiger partial charge in [-0.15, -0.1) is 0 Å². The van der Waals surface area contributed by atoms with E-state index in [1.165, 1.54) is 19.1 Å². The molecule has 0 spiro atoms. The first-order chi connectivity index (χ1) is 23.4. The van der Waals surface area contributed by atoms with Crippen LogP contribution in [-0.4, -0.2) is 112 Å². The lowest BCUT2D eigenvalue weighted by atomic mass is 9.97. The van der Waals surface area contributed by atoms with Crippen molar-refractivity contribution in [1.29, 1.82) is 0 Å². The summed E-state index contributed by atoms with van der Waals surface area (Å²) < 4.78 is 13.4. The second kappa shape index (κ2) is 21.9. The van der Waals surface area contributed by atoms with Gasteiger partial charge in [0.05, 0.1) is 18.9 Å². The Morgan fingerprint density at radius 3 is 1.94 bits per heavy atom. The van der Waals surface area contributed by atoms with Crippen LogP contribution in [0.3, 0.4) is 0 Å². The van der Waals surface area contributed by atoms with Gasteiger partial charge in [0, 0.05) is 18.5 Å². The number of carboxylic acid groups (broad SMARTS) is 1. The Morgan fingerprint density at radius 1 is 0.820 bits per heavy atom. The summed E-state index contributed by atoms with van der Waals surface area (Å²) in [5.41, 5.74) is 11.8. The lowest BCUT2D eigenvalue weighted by molar-refractivity contribution is -0.139. The van der Waals surface area contributed by atoms with Gasteiger partial charge in [0.15, 0.2) is 0 Å². The molecule has 282 valence electrons. The molecule has 0 aliphatic heterocycles. The van der Waals surface area contributed by atoms with Gasteiger partial charge < -0.3 is 58.3 Å². The number of amides is 5. The summed E-state index contributed by atoms with van der Waals surface area (Å²) in [7, 11) is -4.26. The van der Waals surface area contributed by atoms with E-state index in [9.17, 15) is 48.4 Å². The third kappa shape index (κ3) is 17.0. The maximum Gasteiger partial charge on any atom is 0.322 e. The molecular weight excluding hydrogens is 677 g/mol. The highest BCUT2D eigenvalue weighted by Crippen LogP contribution is 2.42. The molecule has 0 bridgehead atoms. The van der Waals surface area contributed by atoms with Crippen LogP contribution in [0.2, 0.25) is 0 Å².